The SMILES string of the molecule is CN(CC(=O)NC(C)(C)C)C(=O)CCCCCN. The third-order valence-corrected chi connectivity index (χ3v) is 2.42. The molecule has 0 aromatic rings. The van der Waals surface area contributed by atoms with E-state index in [-0.39, 0.29) is 23.9 Å². The fourth-order valence-corrected chi connectivity index (χ4v) is 1.55. The van der Waals surface area contributed by atoms with Crippen molar-refractivity contribution in [2.24, 2.45) is 5.73 Å². The fraction of sp³-hybridized carbons (Fsp3) is 0.846. The van der Waals surface area contributed by atoms with Crippen LogP contribution in [0.1, 0.15) is 46.5 Å². The van der Waals surface area contributed by atoms with Crippen molar-refractivity contribution in [2.45, 2.75) is 52.0 Å². The van der Waals surface area contributed by atoms with E-state index in [9.17, 15) is 9.59 Å². The van der Waals surface area contributed by atoms with E-state index >= 15 is 0 Å². The summed E-state index contributed by atoms with van der Waals surface area (Å²) in [6.07, 6.45) is 3.23. The first-order valence-electron chi connectivity index (χ1n) is 6.51. The number of unbranched alkanes of at least 4 members (excludes halogenated alkanes) is 2. The van der Waals surface area contributed by atoms with Gasteiger partial charge in [0.2, 0.25) is 11.8 Å². The van der Waals surface area contributed by atoms with Crippen molar-refractivity contribution in [1.82, 2.24) is 10.2 Å². The van der Waals surface area contributed by atoms with Gasteiger partial charge in [-0.2, -0.15) is 0 Å². The van der Waals surface area contributed by atoms with Crippen molar-refractivity contribution < 1.29 is 9.59 Å². The van der Waals surface area contributed by atoms with Gasteiger partial charge in [0, 0.05) is 19.0 Å². The average Bonchev–Trinajstić information content (AvgIpc) is 2.21. The lowest BCUT2D eigenvalue weighted by Crippen LogP contribution is -2.46. The molecular weight excluding hydrogens is 230 g/mol. The van der Waals surface area contributed by atoms with Gasteiger partial charge in [-0.3, -0.25) is 9.59 Å². The molecule has 0 radical (unpaired) electrons. The maximum absolute atomic E-state index is 11.7. The summed E-state index contributed by atoms with van der Waals surface area (Å²) in [6.45, 7) is 6.53. The molecule has 0 aromatic heterocycles. The second kappa shape index (κ2) is 8.08. The minimum Gasteiger partial charge on any atom is -0.350 e. The van der Waals surface area contributed by atoms with E-state index in [1.807, 2.05) is 20.8 Å². The van der Waals surface area contributed by atoms with Crippen molar-refractivity contribution in [3.8, 4) is 0 Å². The van der Waals surface area contributed by atoms with E-state index < -0.39 is 0 Å². The van der Waals surface area contributed by atoms with Crippen LogP contribution in [0.5, 0.6) is 0 Å². The summed E-state index contributed by atoms with van der Waals surface area (Å²) in [6, 6.07) is 0. The summed E-state index contributed by atoms with van der Waals surface area (Å²) in [5, 5.41) is 2.83. The van der Waals surface area contributed by atoms with Gasteiger partial charge in [0.05, 0.1) is 6.54 Å². The third-order valence-electron chi connectivity index (χ3n) is 2.42. The second-order valence-corrected chi connectivity index (χ2v) is 5.65. The number of nitrogens with one attached hydrogen (secondary N) is 1. The topological polar surface area (TPSA) is 75.4 Å². The van der Waals surface area contributed by atoms with Gasteiger partial charge in [-0.05, 0) is 40.2 Å². The van der Waals surface area contributed by atoms with Crippen LogP contribution < -0.4 is 11.1 Å². The Hall–Kier alpha value is -1.10. The third kappa shape index (κ3) is 8.98. The number of nitrogens with two attached hydrogens (primary N) is 1. The number of amides is 2. The Balaban J connectivity index is 3.90. The predicted molar refractivity (Wildman–Crippen MR) is 73.1 cm³/mol. The van der Waals surface area contributed by atoms with Gasteiger partial charge in [-0.15, -0.1) is 0 Å². The molecule has 0 atom stereocenters. The number of likely N-dealkylation sites (N-methyl/N-ethyl adjacent to an activating group) is 1. The molecule has 5 heteroatoms. The van der Waals surface area contributed by atoms with E-state index in [0.29, 0.717) is 13.0 Å². The first kappa shape index (κ1) is 16.9. The van der Waals surface area contributed by atoms with Gasteiger partial charge in [0.15, 0.2) is 0 Å². The van der Waals surface area contributed by atoms with Crippen molar-refractivity contribution in [3.05, 3.63) is 0 Å². The van der Waals surface area contributed by atoms with Crippen LogP contribution in [-0.2, 0) is 9.59 Å². The van der Waals surface area contributed by atoms with Crippen LogP contribution in [-0.4, -0.2) is 42.4 Å². The highest BCUT2D eigenvalue weighted by Crippen LogP contribution is 2.02. The summed E-state index contributed by atoms with van der Waals surface area (Å²) in [5.41, 5.74) is 5.12. The Labute approximate surface area is 110 Å². The van der Waals surface area contributed by atoms with Crippen LogP contribution in [0.15, 0.2) is 0 Å². The predicted octanol–water partition coefficient (Wildman–Crippen LogP) is 0.879. The normalized spacial score (nSPS) is 11.2. The Bertz CT molecular complexity index is 272. The number of carbonyl (C=O) groups is 2. The number of carbonyl (C=O) groups excluding carboxylic acids is 2. The molecule has 5 nitrogen and oxygen atoms in total. The first-order valence-corrected chi connectivity index (χ1v) is 6.51. The average molecular weight is 257 g/mol. The van der Waals surface area contributed by atoms with Crippen LogP contribution >= 0.6 is 0 Å². The molecule has 0 fully saturated rings. The first-order chi connectivity index (χ1) is 8.26. The second-order valence-electron chi connectivity index (χ2n) is 5.65. The van der Waals surface area contributed by atoms with Gasteiger partial charge in [-0.1, -0.05) is 6.42 Å². The molecule has 0 aliphatic carbocycles. The highest BCUT2D eigenvalue weighted by molar-refractivity contribution is 5.84. The molecule has 0 aliphatic rings. The number of rotatable bonds is 7. The van der Waals surface area contributed by atoms with E-state index in [0.717, 1.165) is 19.3 Å². The monoisotopic (exact) mass is 257 g/mol. The smallest absolute Gasteiger partial charge is 0.240 e. The molecule has 0 aliphatic heterocycles. The minimum atomic E-state index is -0.262. The van der Waals surface area contributed by atoms with E-state index in [1.165, 1.54) is 4.90 Å². The molecule has 0 saturated heterocycles. The standard InChI is InChI=1S/C13H27N3O2/c1-13(2,3)15-11(17)10-16(4)12(18)8-6-5-7-9-14/h5-10,14H2,1-4H3,(H,15,17). The van der Waals surface area contributed by atoms with E-state index in [4.69, 9.17) is 5.73 Å². The molecular formula is C13H27N3O2. The van der Waals surface area contributed by atoms with Gasteiger partial charge in [-0.25, -0.2) is 0 Å². The largest absolute Gasteiger partial charge is 0.350 e. The van der Waals surface area contributed by atoms with E-state index in [2.05, 4.69) is 5.32 Å². The lowest BCUT2D eigenvalue weighted by Gasteiger charge is -2.23. The fourth-order valence-electron chi connectivity index (χ4n) is 1.55. The molecule has 0 saturated carbocycles. The Morgan fingerprint density at radius 2 is 1.78 bits per heavy atom. The Morgan fingerprint density at radius 3 is 2.28 bits per heavy atom. The van der Waals surface area contributed by atoms with Crippen molar-refractivity contribution in [3.63, 3.8) is 0 Å². The lowest BCUT2D eigenvalue weighted by atomic mass is 10.1. The van der Waals surface area contributed by atoms with Crippen LogP contribution in [0.2, 0.25) is 0 Å². The summed E-state index contributed by atoms with van der Waals surface area (Å²) >= 11 is 0. The lowest BCUT2D eigenvalue weighted by molar-refractivity contribution is -0.135. The van der Waals surface area contributed by atoms with Crippen molar-refractivity contribution in [1.29, 1.82) is 0 Å². The van der Waals surface area contributed by atoms with Crippen LogP contribution in [0.3, 0.4) is 0 Å². The number of hydrogen-bond acceptors (Lipinski definition) is 3. The molecule has 106 valence electrons. The molecule has 0 rings (SSSR count). The number of nitrogens with zero attached hydrogens (tertiary/aromatic N) is 1. The quantitative estimate of drug-likeness (QED) is 0.665. The maximum atomic E-state index is 11.7. The molecule has 0 aromatic carbocycles. The summed E-state index contributed by atoms with van der Waals surface area (Å²) in [7, 11) is 1.66. The van der Waals surface area contributed by atoms with Crippen LogP contribution in [0.4, 0.5) is 0 Å². The zero-order chi connectivity index (χ0) is 14.2. The minimum absolute atomic E-state index is 0.0103. The van der Waals surface area contributed by atoms with Crippen molar-refractivity contribution in [2.75, 3.05) is 20.1 Å². The molecule has 0 bridgehead atoms. The van der Waals surface area contributed by atoms with Gasteiger partial charge in [0.1, 0.15) is 0 Å². The summed E-state index contributed by atoms with van der Waals surface area (Å²) in [5.74, 6) is -0.114. The zero-order valence-corrected chi connectivity index (χ0v) is 12.1. The van der Waals surface area contributed by atoms with Gasteiger partial charge < -0.3 is 16.0 Å². The molecule has 0 heterocycles. The Kier molecular flexibility index (Phi) is 7.59. The highest BCUT2D eigenvalue weighted by Gasteiger charge is 2.17. The summed E-state index contributed by atoms with van der Waals surface area (Å²) < 4.78 is 0. The zero-order valence-electron chi connectivity index (χ0n) is 12.1. The maximum Gasteiger partial charge on any atom is 0.240 e. The van der Waals surface area contributed by atoms with Crippen LogP contribution in [0, 0.1) is 0 Å². The molecule has 2 amide bonds. The van der Waals surface area contributed by atoms with Gasteiger partial charge in [0.25, 0.3) is 0 Å². The molecule has 0 spiro atoms. The summed E-state index contributed by atoms with van der Waals surface area (Å²) in [4.78, 5) is 24.8. The highest BCUT2D eigenvalue weighted by atomic mass is 16.2. The molecule has 0 unspecified atom stereocenters. The van der Waals surface area contributed by atoms with Crippen molar-refractivity contribution >= 4 is 11.8 Å². The van der Waals surface area contributed by atoms with Crippen LogP contribution in [0.25, 0.3) is 0 Å². The molecule has 18 heavy (non-hydrogen) atoms. The van der Waals surface area contributed by atoms with Gasteiger partial charge >= 0.3 is 0 Å². The number of hydrogen-bond donors (Lipinski definition) is 2. The molecule has 3 N–H and O–H groups in total. The Morgan fingerprint density at radius 1 is 1.17 bits per heavy atom. The van der Waals surface area contributed by atoms with E-state index in [1.54, 1.807) is 7.05 Å².